The second-order valence-corrected chi connectivity index (χ2v) is 7.56. The fourth-order valence-corrected chi connectivity index (χ4v) is 3.15. The molecule has 28 heavy (non-hydrogen) atoms. The van der Waals surface area contributed by atoms with E-state index in [0.29, 0.717) is 22.3 Å². The highest BCUT2D eigenvalue weighted by Crippen LogP contribution is 2.36. The van der Waals surface area contributed by atoms with E-state index in [4.69, 9.17) is 18.3 Å². The number of hydrogen-bond acceptors (Lipinski definition) is 7. The third kappa shape index (κ3) is 3.07. The molecule has 2 aromatic heterocycles. The molecule has 1 N–H and O–H groups in total. The Morgan fingerprint density at radius 3 is 2.61 bits per heavy atom. The van der Waals surface area contributed by atoms with Crippen LogP contribution in [0, 0.1) is 0 Å². The lowest BCUT2D eigenvalue weighted by Gasteiger charge is -2.27. The molecular weight excluding hydrogens is 364 g/mol. The van der Waals surface area contributed by atoms with Gasteiger partial charge in [-0.05, 0) is 32.9 Å². The fourth-order valence-electron chi connectivity index (χ4n) is 3.15. The van der Waals surface area contributed by atoms with E-state index in [2.05, 4.69) is 0 Å². The smallest absolute Gasteiger partial charge is 0.336 e. The van der Waals surface area contributed by atoms with Crippen LogP contribution in [-0.4, -0.2) is 28.7 Å². The molecule has 1 aliphatic heterocycles. The normalized spacial score (nSPS) is 18.1. The maximum absolute atomic E-state index is 11.9. The topological polar surface area (TPSA) is 99.1 Å². The molecule has 3 aromatic rings. The number of fused-ring (bicyclic) bond motifs is 2. The number of rotatable bonds is 5. The third-order valence-corrected chi connectivity index (χ3v) is 4.90. The van der Waals surface area contributed by atoms with Gasteiger partial charge in [-0.15, -0.1) is 0 Å². The van der Waals surface area contributed by atoms with Gasteiger partial charge in [0.25, 0.3) is 0 Å². The zero-order valence-electron chi connectivity index (χ0n) is 15.8. The standard InChI is InChI=1S/C21H20O7/c1-20(2)16(22)11-17(28-20)21(3,24)7-9-26-19-12-4-5-18(23)27-15(12)10-14-13(19)6-8-25-14/h4-6,8,10-11,24H,7,9H2,1-3H3/t21-/m0/s1. The van der Waals surface area contributed by atoms with Gasteiger partial charge in [-0.25, -0.2) is 4.79 Å². The first-order valence-corrected chi connectivity index (χ1v) is 8.92. The molecule has 1 aromatic carbocycles. The van der Waals surface area contributed by atoms with Crippen LogP contribution in [0.15, 0.2) is 56.0 Å². The molecule has 0 bridgehead atoms. The molecule has 4 rings (SSSR count). The summed E-state index contributed by atoms with van der Waals surface area (Å²) < 4.78 is 22.2. The van der Waals surface area contributed by atoms with Crippen molar-refractivity contribution in [2.24, 2.45) is 0 Å². The van der Waals surface area contributed by atoms with Gasteiger partial charge in [0.2, 0.25) is 5.78 Å². The van der Waals surface area contributed by atoms with E-state index in [9.17, 15) is 14.7 Å². The fraction of sp³-hybridized carbons (Fsp3) is 0.333. The molecular formula is C21H20O7. The molecule has 7 nitrogen and oxygen atoms in total. The van der Waals surface area contributed by atoms with E-state index < -0.39 is 16.8 Å². The highest BCUT2D eigenvalue weighted by atomic mass is 16.5. The number of aliphatic hydroxyl groups is 1. The molecule has 0 saturated heterocycles. The van der Waals surface area contributed by atoms with Gasteiger partial charge in [-0.2, -0.15) is 0 Å². The Morgan fingerprint density at radius 1 is 1.14 bits per heavy atom. The minimum atomic E-state index is -1.36. The summed E-state index contributed by atoms with van der Waals surface area (Å²) in [5, 5.41) is 12.1. The first-order chi connectivity index (χ1) is 13.2. The van der Waals surface area contributed by atoms with Crippen LogP contribution in [0.1, 0.15) is 27.2 Å². The number of benzene rings is 1. The quantitative estimate of drug-likeness (QED) is 0.674. The van der Waals surface area contributed by atoms with Gasteiger partial charge in [-0.1, -0.05) is 0 Å². The number of hydrogen-bond donors (Lipinski definition) is 1. The van der Waals surface area contributed by atoms with Crippen molar-refractivity contribution in [3.05, 3.63) is 52.8 Å². The Balaban J connectivity index is 1.59. The van der Waals surface area contributed by atoms with Crippen molar-refractivity contribution < 1.29 is 28.2 Å². The van der Waals surface area contributed by atoms with Gasteiger partial charge in [0.15, 0.2) is 5.60 Å². The predicted molar refractivity (Wildman–Crippen MR) is 101 cm³/mol. The number of ketones is 1. The van der Waals surface area contributed by atoms with Gasteiger partial charge in [-0.3, -0.25) is 4.79 Å². The average Bonchev–Trinajstić information content (AvgIpc) is 3.18. The highest BCUT2D eigenvalue weighted by molar-refractivity contribution is 6.01. The minimum absolute atomic E-state index is 0.140. The van der Waals surface area contributed by atoms with Gasteiger partial charge in [0.1, 0.15) is 28.3 Å². The Labute approximate surface area is 160 Å². The Morgan fingerprint density at radius 2 is 1.89 bits per heavy atom. The van der Waals surface area contributed by atoms with Crippen molar-refractivity contribution in [2.45, 2.75) is 38.4 Å². The van der Waals surface area contributed by atoms with Crippen LogP contribution in [0.5, 0.6) is 5.75 Å². The lowest BCUT2D eigenvalue weighted by Crippen LogP contribution is -2.33. The van der Waals surface area contributed by atoms with Crippen molar-refractivity contribution in [1.29, 1.82) is 0 Å². The predicted octanol–water partition coefficient (Wildman–Crippen LogP) is 3.32. The van der Waals surface area contributed by atoms with Crippen LogP contribution in [-0.2, 0) is 9.53 Å². The second-order valence-electron chi connectivity index (χ2n) is 7.56. The zero-order valence-corrected chi connectivity index (χ0v) is 15.8. The molecule has 1 aliphatic rings. The van der Waals surface area contributed by atoms with E-state index in [-0.39, 0.29) is 24.6 Å². The first kappa shape index (κ1) is 18.3. The minimum Gasteiger partial charge on any atom is -0.492 e. The van der Waals surface area contributed by atoms with E-state index in [0.717, 1.165) is 5.39 Å². The van der Waals surface area contributed by atoms with Crippen LogP contribution < -0.4 is 10.4 Å². The molecule has 0 aliphatic carbocycles. The maximum Gasteiger partial charge on any atom is 0.336 e. The number of carbonyl (C=O) groups is 1. The summed E-state index contributed by atoms with van der Waals surface area (Å²) in [7, 11) is 0. The lowest BCUT2D eigenvalue weighted by atomic mass is 9.99. The third-order valence-electron chi connectivity index (χ3n) is 4.90. The molecule has 0 spiro atoms. The SMILES string of the molecule is CC1(C)OC([C@@](C)(O)CCOc2c3ccoc3cc3oc(=O)ccc23)=CC1=O. The largest absolute Gasteiger partial charge is 0.492 e. The average molecular weight is 384 g/mol. The van der Waals surface area contributed by atoms with Gasteiger partial charge in [0, 0.05) is 24.6 Å². The van der Waals surface area contributed by atoms with E-state index >= 15 is 0 Å². The molecule has 1 atom stereocenters. The van der Waals surface area contributed by atoms with Crippen molar-refractivity contribution in [1.82, 2.24) is 0 Å². The lowest BCUT2D eigenvalue weighted by molar-refractivity contribution is -0.128. The van der Waals surface area contributed by atoms with Crippen molar-refractivity contribution in [2.75, 3.05) is 6.61 Å². The summed E-state index contributed by atoms with van der Waals surface area (Å²) in [6.45, 7) is 5.03. The summed E-state index contributed by atoms with van der Waals surface area (Å²) in [6.07, 6.45) is 3.05. The molecule has 7 heteroatoms. The van der Waals surface area contributed by atoms with Crippen LogP contribution in [0.3, 0.4) is 0 Å². The van der Waals surface area contributed by atoms with E-state index in [1.165, 1.54) is 18.4 Å². The van der Waals surface area contributed by atoms with Gasteiger partial charge < -0.3 is 23.4 Å². The van der Waals surface area contributed by atoms with Crippen LogP contribution in [0.2, 0.25) is 0 Å². The zero-order chi connectivity index (χ0) is 20.1. The molecule has 0 fully saturated rings. The van der Waals surface area contributed by atoms with Crippen LogP contribution >= 0.6 is 0 Å². The summed E-state index contributed by atoms with van der Waals surface area (Å²) in [5.41, 5.74) is -1.93. The van der Waals surface area contributed by atoms with Gasteiger partial charge >= 0.3 is 5.63 Å². The summed E-state index contributed by atoms with van der Waals surface area (Å²) in [5.74, 6) is 0.537. The van der Waals surface area contributed by atoms with Crippen molar-refractivity contribution in [3.8, 4) is 5.75 Å². The molecule has 0 unspecified atom stereocenters. The molecule has 0 radical (unpaired) electrons. The van der Waals surface area contributed by atoms with Crippen LogP contribution in [0.4, 0.5) is 0 Å². The number of furan rings is 1. The van der Waals surface area contributed by atoms with Crippen molar-refractivity contribution >= 4 is 27.7 Å². The molecule has 0 saturated carbocycles. The summed E-state index contributed by atoms with van der Waals surface area (Å²) in [6, 6.07) is 6.35. The maximum atomic E-state index is 11.9. The molecule has 0 amide bonds. The summed E-state index contributed by atoms with van der Waals surface area (Å²) >= 11 is 0. The Bertz CT molecular complexity index is 1160. The highest BCUT2D eigenvalue weighted by Gasteiger charge is 2.42. The second kappa shape index (κ2) is 6.24. The molecule has 146 valence electrons. The first-order valence-electron chi connectivity index (χ1n) is 8.92. The molecule has 3 heterocycles. The Kier molecular flexibility index (Phi) is 4.08. The van der Waals surface area contributed by atoms with Crippen LogP contribution in [0.25, 0.3) is 21.9 Å². The number of carbonyl (C=O) groups excluding carboxylic acids is 1. The van der Waals surface area contributed by atoms with Crippen molar-refractivity contribution in [3.63, 3.8) is 0 Å². The monoisotopic (exact) mass is 384 g/mol. The van der Waals surface area contributed by atoms with E-state index in [1.807, 2.05) is 0 Å². The van der Waals surface area contributed by atoms with E-state index in [1.54, 1.807) is 39.0 Å². The number of ether oxygens (including phenoxy) is 2. The Hall–Kier alpha value is -3.06. The van der Waals surface area contributed by atoms with Gasteiger partial charge in [0.05, 0.1) is 23.6 Å². The summed E-state index contributed by atoms with van der Waals surface area (Å²) in [4.78, 5) is 23.5.